The van der Waals surface area contributed by atoms with Crippen molar-refractivity contribution in [1.82, 2.24) is 35.0 Å². The lowest BCUT2D eigenvalue weighted by molar-refractivity contribution is 0.0478. The Bertz CT molecular complexity index is 1220. The third kappa shape index (κ3) is 5.25. The molecule has 11 nitrogen and oxygen atoms in total. The number of nitrogens with zero attached hydrogens (tertiary/aromatic N) is 7. The summed E-state index contributed by atoms with van der Waals surface area (Å²) in [5.41, 5.74) is 4.96. The number of halogens is 1. The molecule has 36 heavy (non-hydrogen) atoms. The predicted octanol–water partition coefficient (Wildman–Crippen LogP) is 1.15. The van der Waals surface area contributed by atoms with E-state index in [0.717, 1.165) is 54.0 Å². The Hall–Kier alpha value is -2.96. The van der Waals surface area contributed by atoms with Crippen LogP contribution in [-0.4, -0.2) is 90.4 Å². The molecule has 2 N–H and O–H groups in total. The molecule has 0 bridgehead atoms. The molecule has 3 aromatic rings. The first-order valence-electron chi connectivity index (χ1n) is 11.7. The monoisotopic (exact) mass is 515 g/mol. The third-order valence-corrected chi connectivity index (χ3v) is 6.97. The van der Waals surface area contributed by atoms with E-state index in [0.29, 0.717) is 24.5 Å². The molecule has 0 aliphatic carbocycles. The first kappa shape index (κ1) is 26.1. The number of benzene rings is 1. The second kappa shape index (κ2) is 11.0. The summed E-state index contributed by atoms with van der Waals surface area (Å²) < 4.78 is 6.61. The Labute approximate surface area is 215 Å². The van der Waals surface area contributed by atoms with Crippen molar-refractivity contribution in [1.29, 1.82) is 0 Å². The van der Waals surface area contributed by atoms with E-state index in [9.17, 15) is 15.0 Å². The largest absolute Gasteiger partial charge is 0.457 e. The number of cyclic esters (lactones) is 1. The number of fused-ring (bicyclic) bond motifs is 1. The van der Waals surface area contributed by atoms with E-state index in [1.807, 2.05) is 26.0 Å². The second-order valence-corrected chi connectivity index (χ2v) is 9.17. The van der Waals surface area contributed by atoms with Crippen LogP contribution in [0.2, 0.25) is 0 Å². The number of hydrogen-bond donors (Lipinski definition) is 2. The summed E-state index contributed by atoms with van der Waals surface area (Å²) in [6.07, 6.45) is 1.87. The smallest absolute Gasteiger partial charge is 0.338 e. The van der Waals surface area contributed by atoms with Gasteiger partial charge in [0.05, 0.1) is 17.8 Å². The maximum Gasteiger partial charge on any atom is 0.338 e. The molecular weight excluding hydrogens is 486 g/mol. The highest BCUT2D eigenvalue weighted by molar-refractivity contribution is 5.93. The summed E-state index contributed by atoms with van der Waals surface area (Å²) in [6, 6.07) is 5.44. The van der Waals surface area contributed by atoms with Crippen molar-refractivity contribution in [2.75, 3.05) is 39.3 Å². The molecule has 0 radical (unpaired) electrons. The molecule has 12 heteroatoms. The lowest BCUT2D eigenvalue weighted by atomic mass is 9.95. The fraction of sp³-hybridized carbons (Fsp3) is 0.458. The van der Waals surface area contributed by atoms with Crippen LogP contribution in [0.25, 0.3) is 5.82 Å². The summed E-state index contributed by atoms with van der Waals surface area (Å²) in [6.45, 7) is 8.37. The van der Waals surface area contributed by atoms with Gasteiger partial charge < -0.3 is 14.9 Å². The van der Waals surface area contributed by atoms with Crippen molar-refractivity contribution < 1.29 is 19.7 Å². The molecule has 0 unspecified atom stereocenters. The molecule has 1 fully saturated rings. The number of tetrazole rings is 1. The van der Waals surface area contributed by atoms with Gasteiger partial charge >= 0.3 is 5.97 Å². The first-order chi connectivity index (χ1) is 16.9. The van der Waals surface area contributed by atoms with Crippen LogP contribution < -0.4 is 0 Å². The number of hydrogen-bond acceptors (Lipinski definition) is 10. The summed E-state index contributed by atoms with van der Waals surface area (Å²) >= 11 is 0. The summed E-state index contributed by atoms with van der Waals surface area (Å²) in [5, 5.41) is 32.8. The van der Waals surface area contributed by atoms with Gasteiger partial charge in [0.2, 0.25) is 0 Å². The van der Waals surface area contributed by atoms with Crippen LogP contribution in [0.15, 0.2) is 30.7 Å². The van der Waals surface area contributed by atoms with Crippen molar-refractivity contribution in [3.63, 3.8) is 0 Å². The van der Waals surface area contributed by atoms with Gasteiger partial charge in [-0.25, -0.2) is 9.78 Å². The molecule has 0 amide bonds. The zero-order valence-electron chi connectivity index (χ0n) is 20.2. The van der Waals surface area contributed by atoms with Crippen LogP contribution in [0.3, 0.4) is 0 Å². The molecule has 2 atom stereocenters. The average Bonchev–Trinajstić information content (AvgIpc) is 3.51. The number of rotatable bonds is 7. The number of β-amino-alcohol motifs (C(OH)–C–C–N with tert-alkyl or cyclic N) is 2. The van der Waals surface area contributed by atoms with Gasteiger partial charge in [-0.3, -0.25) is 9.80 Å². The Morgan fingerprint density at radius 2 is 1.69 bits per heavy atom. The maximum atomic E-state index is 11.8. The third-order valence-electron chi connectivity index (χ3n) is 6.97. The Morgan fingerprint density at radius 1 is 1.03 bits per heavy atom. The van der Waals surface area contributed by atoms with Gasteiger partial charge in [0.25, 0.3) is 0 Å². The Kier molecular flexibility index (Phi) is 7.96. The lowest BCUT2D eigenvalue weighted by Gasteiger charge is -2.36. The van der Waals surface area contributed by atoms with Crippen LogP contribution in [0.5, 0.6) is 0 Å². The van der Waals surface area contributed by atoms with Crippen LogP contribution >= 0.6 is 12.4 Å². The molecule has 192 valence electrons. The van der Waals surface area contributed by atoms with Gasteiger partial charge in [-0.15, -0.1) is 17.5 Å². The van der Waals surface area contributed by atoms with Gasteiger partial charge in [-0.05, 0) is 53.1 Å². The average molecular weight is 516 g/mol. The number of esters is 1. The molecule has 0 spiro atoms. The lowest BCUT2D eigenvalue weighted by Crippen LogP contribution is -2.48. The fourth-order valence-corrected chi connectivity index (χ4v) is 4.86. The molecule has 1 aromatic carbocycles. The van der Waals surface area contributed by atoms with Crippen molar-refractivity contribution in [2.45, 2.75) is 32.7 Å². The van der Waals surface area contributed by atoms with Gasteiger partial charge in [0.1, 0.15) is 12.9 Å². The van der Waals surface area contributed by atoms with Crippen LogP contribution in [0.1, 0.15) is 50.4 Å². The van der Waals surface area contributed by atoms with Crippen molar-refractivity contribution in [3.8, 4) is 5.82 Å². The number of carbonyl (C=O) groups is 1. The Balaban J connectivity index is 0.00000304. The second-order valence-electron chi connectivity index (χ2n) is 9.17. The minimum Gasteiger partial charge on any atom is -0.457 e. The number of piperazine rings is 1. The van der Waals surface area contributed by atoms with E-state index in [2.05, 4.69) is 30.3 Å². The van der Waals surface area contributed by atoms with Gasteiger partial charge in [-0.1, -0.05) is 6.07 Å². The summed E-state index contributed by atoms with van der Waals surface area (Å²) in [7, 11) is 0. The van der Waals surface area contributed by atoms with E-state index in [1.54, 1.807) is 12.3 Å². The summed E-state index contributed by atoms with van der Waals surface area (Å²) in [5.74, 6) is 0.310. The standard InChI is InChI=1S/C24H29N7O4.ClH/c1-15-9-23(31-14-26-27-28-31)25-10-19(15)22(33)12-30-7-5-29(6-8-30)11-21(32)17-3-4-18-20(16(17)2)13-35-24(18)34;/h3-4,9-10,14,21-22,32-33H,5-8,11-13H2,1-2H3;1H/t21-,22-;/m0./s1. The normalized spacial score (nSPS) is 17.8. The van der Waals surface area contributed by atoms with E-state index in [1.165, 1.54) is 11.0 Å². The molecule has 2 aliphatic rings. The van der Waals surface area contributed by atoms with Gasteiger partial charge in [0.15, 0.2) is 5.82 Å². The summed E-state index contributed by atoms with van der Waals surface area (Å²) in [4.78, 5) is 20.6. The topological polar surface area (TPSA) is 130 Å². The number of aryl methyl sites for hydroxylation is 1. The molecule has 2 aromatic heterocycles. The number of aromatic nitrogens is 5. The van der Waals surface area contributed by atoms with Gasteiger partial charge in [-0.2, -0.15) is 4.68 Å². The molecule has 0 saturated carbocycles. The van der Waals surface area contributed by atoms with Crippen molar-refractivity contribution in [3.05, 3.63) is 64.1 Å². The van der Waals surface area contributed by atoms with Crippen LogP contribution in [0, 0.1) is 13.8 Å². The zero-order valence-corrected chi connectivity index (χ0v) is 21.1. The first-order valence-corrected chi connectivity index (χ1v) is 11.7. The van der Waals surface area contributed by atoms with Gasteiger partial charge in [0, 0.05) is 56.6 Å². The number of ether oxygens (including phenoxy) is 1. The van der Waals surface area contributed by atoms with E-state index in [-0.39, 0.29) is 25.0 Å². The van der Waals surface area contributed by atoms with Crippen molar-refractivity contribution >= 4 is 18.4 Å². The van der Waals surface area contributed by atoms with Crippen LogP contribution in [0.4, 0.5) is 0 Å². The Morgan fingerprint density at radius 3 is 2.31 bits per heavy atom. The number of aliphatic hydroxyl groups is 2. The minimum absolute atomic E-state index is 0. The number of carbonyl (C=O) groups excluding carboxylic acids is 1. The minimum atomic E-state index is -0.651. The molecule has 2 aliphatic heterocycles. The zero-order chi connectivity index (χ0) is 24.5. The predicted molar refractivity (Wildman–Crippen MR) is 132 cm³/mol. The number of pyridine rings is 1. The highest BCUT2D eigenvalue weighted by Crippen LogP contribution is 2.29. The quantitative estimate of drug-likeness (QED) is 0.442. The van der Waals surface area contributed by atoms with E-state index in [4.69, 9.17) is 4.74 Å². The molecule has 4 heterocycles. The van der Waals surface area contributed by atoms with Crippen molar-refractivity contribution in [2.24, 2.45) is 0 Å². The highest BCUT2D eigenvalue weighted by atomic mass is 35.5. The van der Waals surface area contributed by atoms with Crippen LogP contribution in [-0.2, 0) is 11.3 Å². The highest BCUT2D eigenvalue weighted by Gasteiger charge is 2.27. The SMILES string of the molecule is Cc1cc(-n2cnnn2)ncc1[C@@H](O)CN1CCN(C[C@H](O)c2ccc3c(c2C)COC3=O)CC1.Cl. The molecular formula is C24H30ClN7O4. The number of aliphatic hydroxyl groups excluding tert-OH is 2. The molecule has 5 rings (SSSR count). The fourth-order valence-electron chi connectivity index (χ4n) is 4.86. The van der Waals surface area contributed by atoms with E-state index >= 15 is 0 Å². The molecule has 1 saturated heterocycles. The maximum absolute atomic E-state index is 11.8. The van der Waals surface area contributed by atoms with E-state index < -0.39 is 12.2 Å².